The number of ether oxygens (including phenoxy) is 6. The molecule has 0 aromatic heterocycles. The molecule has 1 fully saturated rings. The number of fused-ring (bicyclic) bond motifs is 3. The van der Waals surface area contributed by atoms with E-state index in [4.69, 9.17) is 28.4 Å². The Morgan fingerprint density at radius 3 is 1.69 bits per heavy atom. The quantitative estimate of drug-likeness (QED) is 0.0267. The maximum Gasteiger partial charge on any atom is 0.410 e. The normalized spacial score (nSPS) is 17.8. The Balaban J connectivity index is 1.09. The van der Waals surface area contributed by atoms with Gasteiger partial charge in [0.05, 0.1) is 11.0 Å². The van der Waals surface area contributed by atoms with E-state index in [0.29, 0.717) is 30.9 Å². The van der Waals surface area contributed by atoms with E-state index in [9.17, 15) is 33.9 Å². The number of benzene rings is 5. The summed E-state index contributed by atoms with van der Waals surface area (Å²) < 4.78 is 34.2. The fourth-order valence-electron chi connectivity index (χ4n) is 10.2. The van der Waals surface area contributed by atoms with Crippen LogP contribution in [0.2, 0.25) is 0 Å². The van der Waals surface area contributed by atoms with Crippen LogP contribution < -0.4 is 20.1 Å². The molecule has 7 rings (SSSR count). The van der Waals surface area contributed by atoms with Gasteiger partial charge in [0.2, 0.25) is 12.2 Å². The Kier molecular flexibility index (Phi) is 16.1. The number of carboxylic acid groups (broad SMARTS) is 1. The summed E-state index contributed by atoms with van der Waals surface area (Å²) in [6.07, 6.45) is 0.497. The first kappa shape index (κ1) is 51.8. The largest absolute Gasteiger partial charge is 0.487 e. The number of carbonyl (C=O) groups is 6. The van der Waals surface area contributed by atoms with Crippen LogP contribution >= 0.6 is 0 Å². The Hall–Kier alpha value is -8.04. The summed E-state index contributed by atoms with van der Waals surface area (Å²) in [4.78, 5) is 74.5. The van der Waals surface area contributed by atoms with Crippen molar-refractivity contribution in [1.29, 1.82) is 0 Å². The van der Waals surface area contributed by atoms with Gasteiger partial charge in [-0.05, 0) is 93.8 Å². The first-order valence-corrected chi connectivity index (χ1v) is 23.4. The molecule has 4 unspecified atom stereocenters. The highest BCUT2D eigenvalue weighted by Gasteiger charge is 2.46. The molecular weight excluding hydrogens is 921 g/mol. The summed E-state index contributed by atoms with van der Waals surface area (Å²) in [6.45, 7) is 14.0. The molecule has 3 N–H and O–H groups in total. The number of Topliss-reactive ketones (excluding diaryl/α,β-unsaturated/α-hetero) is 1. The second-order valence-corrected chi connectivity index (χ2v) is 19.0. The summed E-state index contributed by atoms with van der Waals surface area (Å²) >= 11 is 0. The van der Waals surface area contributed by atoms with Gasteiger partial charge >= 0.3 is 24.0 Å². The van der Waals surface area contributed by atoms with E-state index in [0.717, 1.165) is 52.0 Å². The minimum absolute atomic E-state index is 0.0574. The Bertz CT molecular complexity index is 2790. The van der Waals surface area contributed by atoms with Gasteiger partial charge in [0.1, 0.15) is 18.1 Å². The van der Waals surface area contributed by atoms with E-state index in [1.165, 1.54) is 31.2 Å². The van der Waals surface area contributed by atoms with Crippen LogP contribution in [0, 0.1) is 10.8 Å². The van der Waals surface area contributed by atoms with E-state index in [1.807, 2.05) is 48.5 Å². The van der Waals surface area contributed by atoms with E-state index in [2.05, 4.69) is 68.8 Å². The van der Waals surface area contributed by atoms with Gasteiger partial charge in [-0.1, -0.05) is 125 Å². The third-order valence-corrected chi connectivity index (χ3v) is 12.8. The smallest absolute Gasteiger partial charge is 0.410 e. The molecule has 0 bridgehead atoms. The topological polar surface area (TPSA) is 202 Å². The molecule has 15 heteroatoms. The molecule has 2 aliphatic carbocycles. The van der Waals surface area contributed by atoms with Crippen LogP contribution in [0.3, 0.4) is 0 Å². The number of ketones is 1. The molecule has 2 aliphatic rings. The number of carbonyl (C=O) groups excluding carboxylic acids is 5. The van der Waals surface area contributed by atoms with Crippen molar-refractivity contribution in [3.8, 4) is 22.6 Å². The molecule has 15 nitrogen and oxygen atoms in total. The standard InChI is InChI=1S/C57H58N2O13/c1-7-49(62)70-51(69-31-48(61)44-17-9-10-18-45(44)53(64)65)32-67-40-25-21-37(22-26-40)57(46-19-13-11-15-42(46)43-16-12-14-20-47(43)57)38-23-27-41(28-24-38)68-33-52(71-50(63)8-2)72-54(66)59-39-29-55(4,5)34-56(6,30-39)35-58-36(3)60/h7-28,39,51-52H,1-2,29-35H2,3-6H3,(H,58,60)(H,59,66)(H,64,65). The van der Waals surface area contributed by atoms with Crippen molar-refractivity contribution < 1.29 is 62.3 Å². The average Bonchev–Trinajstić information content (AvgIpc) is 3.66. The van der Waals surface area contributed by atoms with Gasteiger partial charge in [-0.25, -0.2) is 19.2 Å². The molecular formula is C57H58N2O13. The molecule has 0 aliphatic heterocycles. The van der Waals surface area contributed by atoms with Crippen molar-refractivity contribution >= 4 is 35.7 Å². The molecule has 1 saturated carbocycles. The lowest BCUT2D eigenvalue weighted by Crippen LogP contribution is -2.51. The Morgan fingerprint density at radius 1 is 0.667 bits per heavy atom. The van der Waals surface area contributed by atoms with Gasteiger partial charge in [-0.15, -0.1) is 0 Å². The van der Waals surface area contributed by atoms with Gasteiger partial charge in [0.15, 0.2) is 19.0 Å². The zero-order valence-corrected chi connectivity index (χ0v) is 40.6. The molecule has 374 valence electrons. The van der Waals surface area contributed by atoms with E-state index in [1.54, 1.807) is 24.3 Å². The lowest BCUT2D eigenvalue weighted by Gasteiger charge is -2.46. The average molecular weight is 979 g/mol. The first-order valence-electron chi connectivity index (χ1n) is 23.4. The van der Waals surface area contributed by atoms with Gasteiger partial charge in [0.25, 0.3) is 6.29 Å². The predicted octanol–water partition coefficient (Wildman–Crippen LogP) is 8.96. The molecule has 0 spiro atoms. The lowest BCUT2D eigenvalue weighted by molar-refractivity contribution is -0.176. The van der Waals surface area contributed by atoms with Gasteiger partial charge in [-0.2, -0.15) is 0 Å². The minimum Gasteiger partial charge on any atom is -0.487 e. The number of hydrogen-bond acceptors (Lipinski definition) is 12. The van der Waals surface area contributed by atoms with Crippen molar-refractivity contribution in [1.82, 2.24) is 10.6 Å². The SMILES string of the molecule is C=CC(=O)OC(COc1ccc(C2(c3ccc(OCC(OC(=O)C=C)OC(=O)NC4CC(C)(C)CC(C)(CNC(C)=O)C4)cc3)c3ccccc3-c3ccccc32)cc1)OCC(=O)c1ccccc1C(=O)O. The Morgan fingerprint density at radius 2 is 1.17 bits per heavy atom. The van der Waals surface area contributed by atoms with Crippen molar-refractivity contribution in [2.75, 3.05) is 26.4 Å². The monoisotopic (exact) mass is 978 g/mol. The fourth-order valence-corrected chi connectivity index (χ4v) is 10.2. The third-order valence-electron chi connectivity index (χ3n) is 12.8. The summed E-state index contributed by atoms with van der Waals surface area (Å²) in [7, 11) is 0. The van der Waals surface area contributed by atoms with Gasteiger partial charge < -0.3 is 44.2 Å². The first-order chi connectivity index (χ1) is 34.4. The Labute approximate surface area is 418 Å². The lowest BCUT2D eigenvalue weighted by atomic mass is 9.62. The van der Waals surface area contributed by atoms with Crippen molar-refractivity contribution in [2.24, 2.45) is 10.8 Å². The fraction of sp³-hybridized carbons (Fsp3) is 0.298. The molecule has 4 atom stereocenters. The summed E-state index contributed by atoms with van der Waals surface area (Å²) in [5, 5.41) is 15.4. The van der Waals surface area contributed by atoms with Gasteiger partial charge in [0, 0.05) is 37.2 Å². The number of rotatable bonds is 21. The van der Waals surface area contributed by atoms with Crippen LogP contribution in [0.25, 0.3) is 11.1 Å². The van der Waals surface area contributed by atoms with E-state index in [-0.39, 0.29) is 47.1 Å². The minimum atomic E-state index is -1.42. The number of esters is 2. The van der Waals surface area contributed by atoms with Crippen LogP contribution in [0.15, 0.2) is 147 Å². The second kappa shape index (κ2) is 22.4. The van der Waals surface area contributed by atoms with Crippen LogP contribution in [-0.4, -0.2) is 85.8 Å². The molecule has 0 radical (unpaired) electrons. The zero-order chi connectivity index (χ0) is 51.6. The molecule has 5 aromatic rings. The van der Waals surface area contributed by atoms with E-state index < -0.39 is 54.4 Å². The van der Waals surface area contributed by atoms with Gasteiger partial charge in [-0.3, -0.25) is 9.59 Å². The van der Waals surface area contributed by atoms with Crippen LogP contribution in [0.4, 0.5) is 4.79 Å². The number of hydrogen-bond donors (Lipinski definition) is 3. The summed E-state index contributed by atoms with van der Waals surface area (Å²) in [5.74, 6) is -2.84. The molecule has 72 heavy (non-hydrogen) atoms. The number of nitrogens with one attached hydrogen (secondary N) is 2. The van der Waals surface area contributed by atoms with E-state index >= 15 is 0 Å². The highest BCUT2D eigenvalue weighted by molar-refractivity contribution is 6.06. The maximum absolute atomic E-state index is 13.4. The zero-order valence-electron chi connectivity index (χ0n) is 40.6. The second-order valence-electron chi connectivity index (χ2n) is 19.0. The van der Waals surface area contributed by atoms with Crippen LogP contribution in [0.1, 0.15) is 89.9 Å². The number of amides is 2. The number of alkyl carbamates (subject to hydrolysis) is 1. The maximum atomic E-state index is 13.4. The number of carboxylic acids is 1. The summed E-state index contributed by atoms with van der Waals surface area (Å²) in [5.41, 5.74) is 4.46. The molecule has 0 heterocycles. The summed E-state index contributed by atoms with van der Waals surface area (Å²) in [6, 6.07) is 36.7. The number of aromatic carboxylic acids is 1. The van der Waals surface area contributed by atoms with Crippen LogP contribution in [0.5, 0.6) is 11.5 Å². The highest BCUT2D eigenvalue weighted by atomic mass is 16.7. The highest BCUT2D eigenvalue weighted by Crippen LogP contribution is 2.56. The van der Waals surface area contributed by atoms with Crippen molar-refractivity contribution in [3.05, 3.63) is 180 Å². The molecule has 2 amide bonds. The predicted molar refractivity (Wildman–Crippen MR) is 266 cm³/mol. The van der Waals surface area contributed by atoms with Crippen molar-refractivity contribution in [2.45, 2.75) is 71.0 Å². The third kappa shape index (κ3) is 12.1. The molecule has 5 aromatic carbocycles. The van der Waals surface area contributed by atoms with Crippen LogP contribution in [-0.2, 0) is 38.7 Å². The molecule has 0 saturated heterocycles. The van der Waals surface area contributed by atoms with Crippen molar-refractivity contribution in [3.63, 3.8) is 0 Å².